The normalized spacial score (nSPS) is 19.9. The molecule has 1 aromatic rings. The average molecular weight is 321 g/mol. The molecule has 0 N–H and O–H groups in total. The highest BCUT2D eigenvalue weighted by Crippen LogP contribution is 2.25. The van der Waals surface area contributed by atoms with E-state index in [1.807, 2.05) is 0 Å². The standard InChI is InChI=1S/C16H17ClN2O3/c17-13-4-2-1-3-12(13)16(22)18-9-7-11(8-10-18)19-14(20)5-6-15(19)21/h1-4,11H,5-10H2. The molecule has 0 unspecified atom stereocenters. The highest BCUT2D eigenvalue weighted by Gasteiger charge is 2.37. The summed E-state index contributed by atoms with van der Waals surface area (Å²) in [5.41, 5.74) is 0.496. The van der Waals surface area contributed by atoms with E-state index in [-0.39, 0.29) is 23.8 Å². The van der Waals surface area contributed by atoms with E-state index in [0.717, 1.165) is 0 Å². The van der Waals surface area contributed by atoms with Crippen molar-refractivity contribution in [2.75, 3.05) is 13.1 Å². The summed E-state index contributed by atoms with van der Waals surface area (Å²) in [6.45, 7) is 1.07. The number of carbonyl (C=O) groups is 3. The van der Waals surface area contributed by atoms with E-state index in [9.17, 15) is 14.4 Å². The Morgan fingerprint density at radius 2 is 1.64 bits per heavy atom. The summed E-state index contributed by atoms with van der Waals surface area (Å²) in [6.07, 6.45) is 1.90. The zero-order valence-corrected chi connectivity index (χ0v) is 12.9. The first-order valence-electron chi connectivity index (χ1n) is 7.46. The van der Waals surface area contributed by atoms with E-state index < -0.39 is 0 Å². The second-order valence-electron chi connectivity index (χ2n) is 5.66. The van der Waals surface area contributed by atoms with Gasteiger partial charge in [0.1, 0.15) is 0 Å². The summed E-state index contributed by atoms with van der Waals surface area (Å²) in [7, 11) is 0. The van der Waals surface area contributed by atoms with Crippen LogP contribution in [0.15, 0.2) is 24.3 Å². The molecule has 22 heavy (non-hydrogen) atoms. The van der Waals surface area contributed by atoms with Gasteiger partial charge in [-0.2, -0.15) is 0 Å². The van der Waals surface area contributed by atoms with Crippen molar-refractivity contribution >= 4 is 29.3 Å². The maximum absolute atomic E-state index is 12.5. The zero-order chi connectivity index (χ0) is 15.7. The minimum atomic E-state index is -0.0943. The van der Waals surface area contributed by atoms with Gasteiger partial charge in [-0.1, -0.05) is 23.7 Å². The number of imide groups is 1. The second-order valence-corrected chi connectivity index (χ2v) is 6.07. The lowest BCUT2D eigenvalue weighted by molar-refractivity contribution is -0.141. The third kappa shape index (κ3) is 2.73. The van der Waals surface area contributed by atoms with Crippen LogP contribution < -0.4 is 0 Å². The lowest BCUT2D eigenvalue weighted by Gasteiger charge is -2.35. The molecule has 1 aromatic carbocycles. The van der Waals surface area contributed by atoms with Gasteiger partial charge >= 0.3 is 0 Å². The summed E-state index contributed by atoms with van der Waals surface area (Å²) in [5.74, 6) is -0.259. The number of carbonyl (C=O) groups excluding carboxylic acids is 3. The molecule has 6 heteroatoms. The van der Waals surface area contributed by atoms with Gasteiger partial charge < -0.3 is 4.90 Å². The van der Waals surface area contributed by atoms with Crippen molar-refractivity contribution in [2.45, 2.75) is 31.7 Å². The van der Waals surface area contributed by atoms with Gasteiger partial charge in [0, 0.05) is 32.0 Å². The van der Waals surface area contributed by atoms with Crippen LogP contribution >= 0.6 is 11.6 Å². The molecule has 116 valence electrons. The fourth-order valence-corrected chi connectivity index (χ4v) is 3.35. The van der Waals surface area contributed by atoms with Crippen molar-refractivity contribution in [1.29, 1.82) is 0 Å². The van der Waals surface area contributed by atoms with E-state index in [0.29, 0.717) is 49.4 Å². The Hall–Kier alpha value is -1.88. The van der Waals surface area contributed by atoms with E-state index in [2.05, 4.69) is 0 Å². The number of nitrogens with zero attached hydrogens (tertiary/aromatic N) is 2. The third-order valence-electron chi connectivity index (χ3n) is 4.31. The maximum Gasteiger partial charge on any atom is 0.255 e. The molecule has 2 fully saturated rings. The Kier molecular flexibility index (Phi) is 4.16. The predicted molar refractivity (Wildman–Crippen MR) is 81.5 cm³/mol. The van der Waals surface area contributed by atoms with Crippen molar-refractivity contribution in [3.05, 3.63) is 34.9 Å². The van der Waals surface area contributed by atoms with Gasteiger partial charge in [0.15, 0.2) is 0 Å². The summed E-state index contributed by atoms with van der Waals surface area (Å²) >= 11 is 6.06. The number of benzene rings is 1. The summed E-state index contributed by atoms with van der Waals surface area (Å²) in [6, 6.07) is 6.91. The third-order valence-corrected chi connectivity index (χ3v) is 4.64. The van der Waals surface area contributed by atoms with E-state index in [1.54, 1.807) is 29.2 Å². The minimum absolute atomic E-state index is 0.0715. The van der Waals surface area contributed by atoms with Gasteiger partial charge in [0.05, 0.1) is 10.6 Å². The first kappa shape index (κ1) is 15.0. The van der Waals surface area contributed by atoms with E-state index in [4.69, 9.17) is 11.6 Å². The Labute approximate surface area is 133 Å². The van der Waals surface area contributed by atoms with Crippen LogP contribution in [0, 0.1) is 0 Å². The van der Waals surface area contributed by atoms with Crippen molar-refractivity contribution < 1.29 is 14.4 Å². The van der Waals surface area contributed by atoms with Crippen LogP contribution in [0.4, 0.5) is 0 Å². The number of rotatable bonds is 2. The van der Waals surface area contributed by atoms with Crippen molar-refractivity contribution in [3.63, 3.8) is 0 Å². The van der Waals surface area contributed by atoms with Crippen molar-refractivity contribution in [1.82, 2.24) is 9.80 Å². The largest absolute Gasteiger partial charge is 0.338 e. The Balaban J connectivity index is 1.65. The summed E-state index contributed by atoms with van der Waals surface area (Å²) in [5, 5.41) is 0.444. The van der Waals surface area contributed by atoms with Gasteiger partial charge in [0.2, 0.25) is 11.8 Å². The Morgan fingerprint density at radius 1 is 1.05 bits per heavy atom. The fourth-order valence-electron chi connectivity index (χ4n) is 3.13. The zero-order valence-electron chi connectivity index (χ0n) is 12.1. The number of halogens is 1. The molecular weight excluding hydrogens is 304 g/mol. The van der Waals surface area contributed by atoms with Gasteiger partial charge in [0.25, 0.3) is 5.91 Å². The molecule has 0 spiro atoms. The smallest absolute Gasteiger partial charge is 0.255 e. The Morgan fingerprint density at radius 3 is 2.23 bits per heavy atom. The molecule has 2 saturated heterocycles. The quantitative estimate of drug-likeness (QED) is 0.784. The lowest BCUT2D eigenvalue weighted by atomic mass is 10.0. The van der Waals surface area contributed by atoms with E-state index in [1.165, 1.54) is 4.90 Å². The number of hydrogen-bond donors (Lipinski definition) is 0. The molecule has 0 aliphatic carbocycles. The molecule has 2 aliphatic heterocycles. The monoisotopic (exact) mass is 320 g/mol. The molecule has 0 atom stereocenters. The molecule has 2 aliphatic rings. The molecule has 2 heterocycles. The highest BCUT2D eigenvalue weighted by molar-refractivity contribution is 6.33. The molecule has 5 nitrogen and oxygen atoms in total. The van der Waals surface area contributed by atoms with Crippen LogP contribution in [0.25, 0.3) is 0 Å². The molecule has 3 amide bonds. The topological polar surface area (TPSA) is 57.7 Å². The predicted octanol–water partition coefficient (Wildman–Crippen LogP) is 2.09. The number of likely N-dealkylation sites (tertiary alicyclic amines) is 2. The molecule has 0 radical (unpaired) electrons. The van der Waals surface area contributed by atoms with Crippen LogP contribution in [0.1, 0.15) is 36.0 Å². The summed E-state index contributed by atoms with van der Waals surface area (Å²) < 4.78 is 0. The molecule has 0 bridgehead atoms. The van der Waals surface area contributed by atoms with Gasteiger partial charge in [-0.05, 0) is 25.0 Å². The van der Waals surface area contributed by atoms with Crippen LogP contribution in [0.5, 0.6) is 0 Å². The number of amides is 3. The average Bonchev–Trinajstić information content (AvgIpc) is 2.86. The molecule has 3 rings (SSSR count). The molecule has 0 aromatic heterocycles. The van der Waals surface area contributed by atoms with Crippen LogP contribution in [-0.4, -0.2) is 46.7 Å². The Bertz CT molecular complexity index is 608. The maximum atomic E-state index is 12.5. The number of piperidine rings is 1. The van der Waals surface area contributed by atoms with Crippen molar-refractivity contribution in [2.24, 2.45) is 0 Å². The van der Waals surface area contributed by atoms with Crippen LogP contribution in [-0.2, 0) is 9.59 Å². The number of hydrogen-bond acceptors (Lipinski definition) is 3. The first-order chi connectivity index (χ1) is 10.6. The molecule has 0 saturated carbocycles. The van der Waals surface area contributed by atoms with Crippen molar-refractivity contribution in [3.8, 4) is 0 Å². The summed E-state index contributed by atoms with van der Waals surface area (Å²) in [4.78, 5) is 39.2. The van der Waals surface area contributed by atoms with Gasteiger partial charge in [-0.25, -0.2) is 0 Å². The van der Waals surface area contributed by atoms with E-state index >= 15 is 0 Å². The highest BCUT2D eigenvalue weighted by atomic mass is 35.5. The second kappa shape index (κ2) is 6.08. The van der Waals surface area contributed by atoms with Crippen LogP contribution in [0.3, 0.4) is 0 Å². The fraction of sp³-hybridized carbons (Fsp3) is 0.438. The lowest BCUT2D eigenvalue weighted by Crippen LogP contribution is -2.48. The van der Waals surface area contributed by atoms with Gasteiger partial charge in [-0.15, -0.1) is 0 Å². The minimum Gasteiger partial charge on any atom is -0.338 e. The van der Waals surface area contributed by atoms with Gasteiger partial charge in [-0.3, -0.25) is 19.3 Å². The first-order valence-corrected chi connectivity index (χ1v) is 7.84. The van der Waals surface area contributed by atoms with Crippen LogP contribution in [0.2, 0.25) is 5.02 Å². The SMILES string of the molecule is O=C(c1ccccc1Cl)N1CCC(N2C(=O)CCC2=O)CC1. The molecular formula is C16H17ClN2O3.